The Labute approximate surface area is 92.9 Å². The first-order valence-corrected chi connectivity index (χ1v) is 5.13. The van der Waals surface area contributed by atoms with E-state index in [-0.39, 0.29) is 5.78 Å². The number of nitrogens with one attached hydrogen (secondary N) is 1. The molecule has 2 rings (SSSR count). The molecule has 1 atom stereocenters. The third kappa shape index (κ3) is 1.68. The molecule has 4 heteroatoms. The number of nitrogens with zero attached hydrogens (tertiary/aromatic N) is 2. The zero-order valence-electron chi connectivity index (χ0n) is 8.90. The van der Waals surface area contributed by atoms with Crippen molar-refractivity contribution in [3.05, 3.63) is 30.1 Å². The number of Topliss-reactive ketones (excluding diaryl/α,β-unsaturated/α-hetero) is 1. The van der Waals surface area contributed by atoms with Gasteiger partial charge in [0.1, 0.15) is 5.92 Å². The molecule has 0 aliphatic rings. The monoisotopic (exact) mass is 213 g/mol. The molecule has 80 valence electrons. The first kappa shape index (κ1) is 10.4. The molecule has 0 bridgehead atoms. The van der Waals surface area contributed by atoms with Gasteiger partial charge < -0.3 is 4.98 Å². The summed E-state index contributed by atoms with van der Waals surface area (Å²) in [6.45, 7) is 1.83. The van der Waals surface area contributed by atoms with Crippen LogP contribution in [0.25, 0.3) is 11.0 Å². The summed E-state index contributed by atoms with van der Waals surface area (Å²) in [5, 5.41) is 8.84. The first-order chi connectivity index (χ1) is 7.76. The van der Waals surface area contributed by atoms with Crippen molar-refractivity contribution in [3.63, 3.8) is 0 Å². The molecule has 4 nitrogen and oxygen atoms in total. The highest BCUT2D eigenvalue weighted by Gasteiger charge is 2.17. The van der Waals surface area contributed by atoms with Crippen LogP contribution in [0.5, 0.6) is 0 Å². The summed E-state index contributed by atoms with van der Waals surface area (Å²) in [6.07, 6.45) is 2.12. The van der Waals surface area contributed by atoms with Gasteiger partial charge in [-0.3, -0.25) is 4.79 Å². The van der Waals surface area contributed by atoms with Crippen molar-refractivity contribution >= 4 is 16.8 Å². The standard InChI is InChI=1S/C12H11N3O/c1-2-8(6-13)12(16)9-3-4-10-11(5-9)15-7-14-10/h3-5,7-8H,2H2,1H3,(H,14,15). The Morgan fingerprint density at radius 1 is 1.62 bits per heavy atom. The van der Waals surface area contributed by atoms with E-state index in [0.29, 0.717) is 12.0 Å². The summed E-state index contributed by atoms with van der Waals surface area (Å²) in [7, 11) is 0. The molecule has 0 aliphatic carbocycles. The van der Waals surface area contributed by atoms with Gasteiger partial charge in [-0.05, 0) is 24.6 Å². The van der Waals surface area contributed by atoms with Crippen molar-refractivity contribution in [1.82, 2.24) is 9.97 Å². The molecular formula is C12H11N3O. The molecule has 1 aromatic heterocycles. The van der Waals surface area contributed by atoms with E-state index in [2.05, 4.69) is 9.97 Å². The lowest BCUT2D eigenvalue weighted by molar-refractivity contribution is 0.0947. The number of benzene rings is 1. The number of hydrogen-bond acceptors (Lipinski definition) is 3. The Hall–Kier alpha value is -2.15. The number of aromatic nitrogens is 2. The molecule has 0 radical (unpaired) electrons. The highest BCUT2D eigenvalue weighted by Crippen LogP contribution is 2.16. The van der Waals surface area contributed by atoms with Gasteiger partial charge in [-0.25, -0.2) is 4.98 Å². The van der Waals surface area contributed by atoms with Crippen molar-refractivity contribution in [3.8, 4) is 6.07 Å². The number of ketones is 1. The summed E-state index contributed by atoms with van der Waals surface area (Å²) in [5.41, 5.74) is 2.20. The molecule has 2 aromatic rings. The maximum Gasteiger partial charge on any atom is 0.180 e. The van der Waals surface area contributed by atoms with Crippen molar-refractivity contribution < 1.29 is 4.79 Å². The van der Waals surface area contributed by atoms with Crippen LogP contribution in [0.15, 0.2) is 24.5 Å². The molecule has 1 aromatic carbocycles. The Kier molecular flexibility index (Phi) is 2.69. The lowest BCUT2D eigenvalue weighted by Gasteiger charge is -2.04. The molecule has 0 saturated heterocycles. The minimum atomic E-state index is -0.555. The number of carbonyl (C=O) groups is 1. The Bertz CT molecular complexity index is 565. The van der Waals surface area contributed by atoms with E-state index in [1.165, 1.54) is 0 Å². The predicted molar refractivity (Wildman–Crippen MR) is 59.8 cm³/mol. The number of carbonyl (C=O) groups excluding carboxylic acids is 1. The molecule has 0 saturated carbocycles. The Morgan fingerprint density at radius 3 is 3.12 bits per heavy atom. The van der Waals surface area contributed by atoms with Gasteiger partial charge in [-0.1, -0.05) is 6.92 Å². The largest absolute Gasteiger partial charge is 0.345 e. The van der Waals surface area contributed by atoms with Gasteiger partial charge in [0, 0.05) is 5.56 Å². The minimum Gasteiger partial charge on any atom is -0.345 e. The average molecular weight is 213 g/mol. The van der Waals surface area contributed by atoms with Crippen LogP contribution in [0.3, 0.4) is 0 Å². The zero-order valence-corrected chi connectivity index (χ0v) is 8.90. The number of aromatic amines is 1. The fourth-order valence-corrected chi connectivity index (χ4v) is 1.63. The number of rotatable bonds is 3. The van der Waals surface area contributed by atoms with Crippen molar-refractivity contribution in [2.75, 3.05) is 0 Å². The van der Waals surface area contributed by atoms with Gasteiger partial charge in [0.05, 0.1) is 23.4 Å². The van der Waals surface area contributed by atoms with Crippen molar-refractivity contribution in [2.45, 2.75) is 13.3 Å². The predicted octanol–water partition coefficient (Wildman–Crippen LogP) is 2.30. The fraction of sp³-hybridized carbons (Fsp3) is 0.250. The second kappa shape index (κ2) is 4.15. The molecule has 0 amide bonds. The molecule has 0 fully saturated rings. The number of H-pyrrole nitrogens is 1. The summed E-state index contributed by atoms with van der Waals surface area (Å²) in [5.74, 6) is -0.679. The second-order valence-electron chi connectivity index (χ2n) is 3.59. The van der Waals surface area contributed by atoms with Crippen LogP contribution in [0, 0.1) is 17.2 Å². The maximum atomic E-state index is 11.9. The normalized spacial score (nSPS) is 12.2. The topological polar surface area (TPSA) is 69.5 Å². The molecular weight excluding hydrogens is 202 g/mol. The first-order valence-electron chi connectivity index (χ1n) is 5.13. The number of hydrogen-bond donors (Lipinski definition) is 1. The summed E-state index contributed by atoms with van der Waals surface area (Å²) < 4.78 is 0. The van der Waals surface area contributed by atoms with Crippen molar-refractivity contribution in [2.24, 2.45) is 5.92 Å². The van der Waals surface area contributed by atoms with Gasteiger partial charge in [0.2, 0.25) is 0 Å². The molecule has 1 N–H and O–H groups in total. The number of imidazole rings is 1. The summed E-state index contributed by atoms with van der Waals surface area (Å²) in [4.78, 5) is 18.9. The lowest BCUT2D eigenvalue weighted by Crippen LogP contribution is -2.11. The van der Waals surface area contributed by atoms with Crippen LogP contribution < -0.4 is 0 Å². The van der Waals surface area contributed by atoms with Gasteiger partial charge in [0.15, 0.2) is 5.78 Å². The van der Waals surface area contributed by atoms with Gasteiger partial charge in [-0.2, -0.15) is 5.26 Å². The van der Waals surface area contributed by atoms with Crippen LogP contribution in [0.1, 0.15) is 23.7 Å². The molecule has 0 aliphatic heterocycles. The van der Waals surface area contributed by atoms with Gasteiger partial charge in [-0.15, -0.1) is 0 Å². The van der Waals surface area contributed by atoms with E-state index in [4.69, 9.17) is 5.26 Å². The highest BCUT2D eigenvalue weighted by molar-refractivity contribution is 6.01. The highest BCUT2D eigenvalue weighted by atomic mass is 16.1. The van der Waals surface area contributed by atoms with Crippen LogP contribution in [-0.4, -0.2) is 15.8 Å². The van der Waals surface area contributed by atoms with Crippen LogP contribution >= 0.6 is 0 Å². The van der Waals surface area contributed by atoms with E-state index in [1.54, 1.807) is 24.5 Å². The van der Waals surface area contributed by atoms with E-state index in [1.807, 2.05) is 13.0 Å². The number of nitriles is 1. The molecule has 1 unspecified atom stereocenters. The SMILES string of the molecule is CCC(C#N)C(=O)c1ccc2nc[nH]c2c1. The molecule has 0 spiro atoms. The number of fused-ring (bicyclic) bond motifs is 1. The van der Waals surface area contributed by atoms with Crippen LogP contribution in [0.2, 0.25) is 0 Å². The smallest absolute Gasteiger partial charge is 0.180 e. The van der Waals surface area contributed by atoms with Gasteiger partial charge >= 0.3 is 0 Å². The molecule has 1 heterocycles. The van der Waals surface area contributed by atoms with Crippen LogP contribution in [-0.2, 0) is 0 Å². The van der Waals surface area contributed by atoms with Crippen molar-refractivity contribution in [1.29, 1.82) is 5.26 Å². The maximum absolute atomic E-state index is 11.9. The van der Waals surface area contributed by atoms with E-state index in [9.17, 15) is 4.79 Å². The van der Waals surface area contributed by atoms with Crippen LogP contribution in [0.4, 0.5) is 0 Å². The average Bonchev–Trinajstić information content (AvgIpc) is 2.77. The van der Waals surface area contributed by atoms with Gasteiger partial charge in [0.25, 0.3) is 0 Å². The van der Waals surface area contributed by atoms with E-state index >= 15 is 0 Å². The Morgan fingerprint density at radius 2 is 2.44 bits per heavy atom. The quantitative estimate of drug-likeness (QED) is 0.795. The van der Waals surface area contributed by atoms with E-state index in [0.717, 1.165) is 11.0 Å². The third-order valence-corrected chi connectivity index (χ3v) is 2.59. The molecule has 16 heavy (non-hydrogen) atoms. The van der Waals surface area contributed by atoms with E-state index < -0.39 is 5.92 Å². The third-order valence-electron chi connectivity index (χ3n) is 2.59. The lowest BCUT2D eigenvalue weighted by atomic mass is 9.96. The summed E-state index contributed by atoms with van der Waals surface area (Å²) >= 11 is 0. The Balaban J connectivity index is 2.40. The zero-order chi connectivity index (χ0) is 11.5. The second-order valence-corrected chi connectivity index (χ2v) is 3.59. The summed E-state index contributed by atoms with van der Waals surface area (Å²) in [6, 6.07) is 7.25. The minimum absolute atomic E-state index is 0.124. The fourth-order valence-electron chi connectivity index (χ4n) is 1.63.